The number of benzene rings is 2. The van der Waals surface area contributed by atoms with E-state index >= 15 is 0 Å². The monoisotopic (exact) mass is 531 g/mol. The first-order valence-corrected chi connectivity index (χ1v) is 13.4. The summed E-state index contributed by atoms with van der Waals surface area (Å²) in [5, 5.41) is 5.35. The van der Waals surface area contributed by atoms with Gasteiger partial charge < -0.3 is 14.5 Å². The Bertz CT molecular complexity index is 1700. The van der Waals surface area contributed by atoms with Gasteiger partial charge in [-0.3, -0.25) is 19.4 Å². The fourth-order valence-electron chi connectivity index (χ4n) is 6.01. The quantitative estimate of drug-likeness (QED) is 0.325. The van der Waals surface area contributed by atoms with Gasteiger partial charge in [0, 0.05) is 49.0 Å². The minimum Gasteiger partial charge on any atom is -0.497 e. The molecule has 3 aliphatic rings. The van der Waals surface area contributed by atoms with Crippen molar-refractivity contribution in [2.24, 2.45) is 7.05 Å². The number of hydrogen-bond acceptors (Lipinski definition) is 7. The van der Waals surface area contributed by atoms with Gasteiger partial charge in [0.25, 0.3) is 0 Å². The predicted octanol–water partition coefficient (Wildman–Crippen LogP) is 4.13. The molecule has 3 fully saturated rings. The first-order chi connectivity index (χ1) is 19.6. The van der Waals surface area contributed by atoms with Crippen molar-refractivity contribution in [3.05, 3.63) is 85.1 Å². The molecule has 2 unspecified atom stereocenters. The van der Waals surface area contributed by atoms with Crippen LogP contribution in [-0.2, 0) is 18.3 Å². The number of amides is 1. The molecule has 8 rings (SSSR count). The molecule has 9 heteroatoms. The van der Waals surface area contributed by atoms with Crippen molar-refractivity contribution in [2.45, 2.75) is 24.9 Å². The summed E-state index contributed by atoms with van der Waals surface area (Å²) in [6.45, 7) is 1.52. The van der Waals surface area contributed by atoms with Gasteiger partial charge in [-0.1, -0.05) is 18.2 Å². The van der Waals surface area contributed by atoms with Crippen LogP contribution in [0, 0.1) is 0 Å². The number of methoxy groups -OCH3 is 1. The van der Waals surface area contributed by atoms with Gasteiger partial charge in [-0.15, -0.1) is 0 Å². The molecule has 3 aliphatic heterocycles. The van der Waals surface area contributed by atoms with Gasteiger partial charge in [-0.05, 0) is 47.9 Å². The second-order valence-corrected chi connectivity index (χ2v) is 10.5. The maximum absolute atomic E-state index is 13.1. The van der Waals surface area contributed by atoms with Crippen molar-refractivity contribution < 1.29 is 9.53 Å². The number of hydrogen-bond donors (Lipinski definition) is 0. The molecule has 2 bridgehead atoms. The van der Waals surface area contributed by atoms with E-state index in [1.165, 1.54) is 0 Å². The number of piperidine rings is 1. The number of nitrogens with zero attached hydrogens (tertiary/aromatic N) is 7. The molecule has 40 heavy (non-hydrogen) atoms. The van der Waals surface area contributed by atoms with Crippen molar-refractivity contribution in [2.75, 3.05) is 25.1 Å². The van der Waals surface area contributed by atoms with Crippen molar-refractivity contribution in [1.82, 2.24) is 29.6 Å². The van der Waals surface area contributed by atoms with E-state index < -0.39 is 0 Å². The van der Waals surface area contributed by atoms with Crippen LogP contribution in [0.15, 0.2) is 79.5 Å². The zero-order chi connectivity index (χ0) is 27.2. The molecule has 9 nitrogen and oxygen atoms in total. The Labute approximate surface area is 232 Å². The van der Waals surface area contributed by atoms with E-state index in [1.54, 1.807) is 18.0 Å². The number of ether oxygens (including phenoxy) is 1. The van der Waals surface area contributed by atoms with E-state index in [-0.39, 0.29) is 18.0 Å². The molecule has 0 aliphatic carbocycles. The van der Waals surface area contributed by atoms with Crippen LogP contribution >= 0.6 is 0 Å². The molecule has 2 atom stereocenters. The van der Waals surface area contributed by atoms with Crippen molar-refractivity contribution in [1.29, 1.82) is 0 Å². The highest BCUT2D eigenvalue weighted by Crippen LogP contribution is 2.36. The molecule has 0 saturated carbocycles. The van der Waals surface area contributed by atoms with Gasteiger partial charge in [0.15, 0.2) is 0 Å². The van der Waals surface area contributed by atoms with Crippen LogP contribution in [0.2, 0.25) is 0 Å². The lowest BCUT2D eigenvalue weighted by atomic mass is 9.86. The fourth-order valence-corrected chi connectivity index (χ4v) is 6.01. The zero-order valence-corrected chi connectivity index (χ0v) is 22.4. The van der Waals surface area contributed by atoms with E-state index in [1.807, 2.05) is 62.2 Å². The number of pyridine rings is 1. The fraction of sp³-hybridized carbons (Fsp3) is 0.258. The highest BCUT2D eigenvalue weighted by atomic mass is 16.5. The number of anilines is 1. The van der Waals surface area contributed by atoms with Gasteiger partial charge in [0.05, 0.1) is 55.4 Å². The summed E-state index contributed by atoms with van der Waals surface area (Å²) in [6, 6.07) is 16.4. The Balaban J connectivity index is 1.09. The maximum Gasteiger partial charge on any atom is 0.227 e. The summed E-state index contributed by atoms with van der Waals surface area (Å²) in [5.41, 5.74) is 5.72. The molecule has 2 aromatic carbocycles. The number of carbonyl (C=O) groups is 1. The first kappa shape index (κ1) is 24.3. The number of carbonyl (C=O) groups excluding carboxylic acids is 1. The number of rotatable bonds is 6. The predicted molar refractivity (Wildman–Crippen MR) is 153 cm³/mol. The summed E-state index contributed by atoms with van der Waals surface area (Å²) in [5.74, 6) is 1.78. The van der Waals surface area contributed by atoms with Crippen molar-refractivity contribution >= 4 is 22.6 Å². The van der Waals surface area contributed by atoms with E-state index in [9.17, 15) is 4.79 Å². The molecule has 1 amide bonds. The van der Waals surface area contributed by atoms with E-state index in [2.05, 4.69) is 38.1 Å². The average molecular weight is 532 g/mol. The molecule has 0 radical (unpaired) electrons. The average Bonchev–Trinajstić information content (AvgIpc) is 3.43. The van der Waals surface area contributed by atoms with Gasteiger partial charge in [0.1, 0.15) is 11.6 Å². The Morgan fingerprint density at radius 1 is 0.975 bits per heavy atom. The third-order valence-electron chi connectivity index (χ3n) is 7.97. The Morgan fingerprint density at radius 3 is 2.60 bits per heavy atom. The summed E-state index contributed by atoms with van der Waals surface area (Å²) in [4.78, 5) is 31.7. The van der Waals surface area contributed by atoms with E-state index in [4.69, 9.17) is 14.7 Å². The number of aryl methyl sites for hydroxylation is 1. The van der Waals surface area contributed by atoms with Crippen LogP contribution < -0.4 is 9.64 Å². The summed E-state index contributed by atoms with van der Waals surface area (Å²) < 4.78 is 7.10. The van der Waals surface area contributed by atoms with Crippen LogP contribution in [0.4, 0.5) is 5.82 Å². The van der Waals surface area contributed by atoms with E-state index in [0.29, 0.717) is 6.42 Å². The van der Waals surface area contributed by atoms with Crippen LogP contribution in [0.25, 0.3) is 33.3 Å². The van der Waals surface area contributed by atoms with Crippen LogP contribution in [-0.4, -0.2) is 67.8 Å². The maximum atomic E-state index is 13.1. The van der Waals surface area contributed by atoms with Crippen LogP contribution in [0.1, 0.15) is 12.0 Å². The van der Waals surface area contributed by atoms with E-state index in [0.717, 1.165) is 69.9 Å². The zero-order valence-electron chi connectivity index (χ0n) is 22.4. The summed E-state index contributed by atoms with van der Waals surface area (Å²) >= 11 is 0. The third-order valence-corrected chi connectivity index (χ3v) is 7.97. The van der Waals surface area contributed by atoms with Crippen LogP contribution in [0.5, 0.6) is 5.75 Å². The van der Waals surface area contributed by atoms with Crippen molar-refractivity contribution in [3.8, 4) is 28.1 Å². The SMILES string of the molecule is COc1cccc(CC(=O)N2C3CC2CN(c2cnc(-c4cc(-c5cnn(C)c5)cc5ncccc45)cn2)C3)c1. The third kappa shape index (κ3) is 4.33. The standard InChI is InChI=1S/C31H29N7O2/c1-36-17-22(14-35-36)21-11-27(26-7-4-8-32-28(26)12-21)29-15-34-30(16-33-29)37-18-23-13-24(19-37)38(23)31(39)10-20-5-3-6-25(9-20)40-2/h3-9,11-12,14-17,23-24H,10,13,18-19H2,1-2H3. The lowest BCUT2D eigenvalue weighted by Crippen LogP contribution is -2.70. The number of aromatic nitrogens is 5. The lowest BCUT2D eigenvalue weighted by molar-refractivity contribution is -0.145. The first-order valence-electron chi connectivity index (χ1n) is 13.4. The molecule has 6 heterocycles. The smallest absolute Gasteiger partial charge is 0.227 e. The minimum atomic E-state index is 0.171. The second kappa shape index (κ2) is 9.75. The largest absolute Gasteiger partial charge is 0.497 e. The molecule has 3 aromatic heterocycles. The van der Waals surface area contributed by atoms with Gasteiger partial charge in [0.2, 0.25) is 5.91 Å². The molecule has 0 spiro atoms. The second-order valence-electron chi connectivity index (χ2n) is 10.5. The highest BCUT2D eigenvalue weighted by molar-refractivity contribution is 5.97. The lowest BCUT2D eigenvalue weighted by Gasteiger charge is -2.56. The number of fused-ring (bicyclic) bond motifs is 3. The minimum absolute atomic E-state index is 0.171. The number of piperazine rings is 1. The highest BCUT2D eigenvalue weighted by Gasteiger charge is 2.47. The molecule has 5 aromatic rings. The molecular formula is C31H29N7O2. The summed E-state index contributed by atoms with van der Waals surface area (Å²) in [6.07, 6.45) is 10.8. The van der Waals surface area contributed by atoms with Gasteiger partial charge in [-0.25, -0.2) is 4.98 Å². The topological polar surface area (TPSA) is 89.3 Å². The molecule has 3 saturated heterocycles. The van der Waals surface area contributed by atoms with Crippen LogP contribution in [0.3, 0.4) is 0 Å². The van der Waals surface area contributed by atoms with Gasteiger partial charge >= 0.3 is 0 Å². The summed E-state index contributed by atoms with van der Waals surface area (Å²) in [7, 11) is 3.55. The molecule has 0 N–H and O–H groups in total. The Hall–Kier alpha value is -4.79. The Morgan fingerprint density at radius 2 is 1.85 bits per heavy atom. The normalized spacial score (nSPS) is 18.1. The van der Waals surface area contributed by atoms with Gasteiger partial charge in [-0.2, -0.15) is 5.10 Å². The molecular weight excluding hydrogens is 502 g/mol. The molecule has 200 valence electrons. The Kier molecular flexibility index (Phi) is 5.91. The van der Waals surface area contributed by atoms with Crippen molar-refractivity contribution in [3.63, 3.8) is 0 Å².